The monoisotopic (exact) mass is 277 g/mol. The van der Waals surface area contributed by atoms with Gasteiger partial charge in [-0.1, -0.05) is 43.4 Å². The van der Waals surface area contributed by atoms with Crippen LogP contribution in [-0.4, -0.2) is 48.0 Å². The Morgan fingerprint density at radius 3 is 2.63 bits per heavy atom. The van der Waals surface area contributed by atoms with E-state index in [1.165, 1.54) is 5.56 Å². The molecule has 1 aliphatic rings. The van der Waals surface area contributed by atoms with Crippen LogP contribution < -0.4 is 5.73 Å². The molecule has 3 nitrogen and oxygen atoms in total. The highest BCUT2D eigenvalue weighted by molar-refractivity contribution is 7.80. The van der Waals surface area contributed by atoms with Crippen LogP contribution in [0.15, 0.2) is 24.3 Å². The SMILES string of the molecule is CC1CN(Cc2ccccc2C(N)=S)CC1N(C)C. The molecule has 0 aromatic heterocycles. The van der Waals surface area contributed by atoms with Gasteiger partial charge in [0.15, 0.2) is 0 Å². The number of likely N-dealkylation sites (N-methyl/N-ethyl adjacent to an activating group) is 1. The van der Waals surface area contributed by atoms with Crippen molar-refractivity contribution in [3.63, 3.8) is 0 Å². The van der Waals surface area contributed by atoms with E-state index in [9.17, 15) is 0 Å². The first-order chi connectivity index (χ1) is 8.99. The fraction of sp³-hybridized carbons (Fsp3) is 0.533. The zero-order chi connectivity index (χ0) is 14.0. The van der Waals surface area contributed by atoms with Crippen molar-refractivity contribution in [2.75, 3.05) is 27.2 Å². The molecule has 4 heteroatoms. The molecule has 1 aliphatic heterocycles. The molecule has 0 radical (unpaired) electrons. The van der Waals surface area contributed by atoms with Crippen LogP contribution in [0.3, 0.4) is 0 Å². The molecular formula is C15H23N3S. The Kier molecular flexibility index (Phi) is 4.55. The molecule has 0 aliphatic carbocycles. The number of benzene rings is 1. The van der Waals surface area contributed by atoms with Gasteiger partial charge >= 0.3 is 0 Å². The molecule has 19 heavy (non-hydrogen) atoms. The molecule has 0 bridgehead atoms. The third-order valence-corrected chi connectivity index (χ3v) is 4.21. The van der Waals surface area contributed by atoms with Crippen LogP contribution in [0, 0.1) is 5.92 Å². The van der Waals surface area contributed by atoms with Gasteiger partial charge in [0.05, 0.1) is 0 Å². The van der Waals surface area contributed by atoms with Crippen molar-refractivity contribution in [3.8, 4) is 0 Å². The summed E-state index contributed by atoms with van der Waals surface area (Å²) in [6.07, 6.45) is 0. The first-order valence-corrected chi connectivity index (χ1v) is 7.16. The van der Waals surface area contributed by atoms with Crippen LogP contribution in [0.2, 0.25) is 0 Å². The molecule has 1 aromatic carbocycles. The van der Waals surface area contributed by atoms with Crippen LogP contribution in [0.5, 0.6) is 0 Å². The summed E-state index contributed by atoms with van der Waals surface area (Å²) in [5.41, 5.74) is 8.05. The van der Waals surface area contributed by atoms with Gasteiger partial charge in [0.1, 0.15) is 4.99 Å². The number of nitrogens with two attached hydrogens (primary N) is 1. The van der Waals surface area contributed by atoms with Crippen molar-refractivity contribution in [2.45, 2.75) is 19.5 Å². The Balaban J connectivity index is 2.09. The number of hydrogen-bond donors (Lipinski definition) is 1. The maximum atomic E-state index is 5.80. The number of likely N-dealkylation sites (tertiary alicyclic amines) is 1. The maximum absolute atomic E-state index is 5.80. The fourth-order valence-corrected chi connectivity index (χ4v) is 3.19. The van der Waals surface area contributed by atoms with Gasteiger partial charge < -0.3 is 10.6 Å². The Hall–Kier alpha value is -0.970. The molecule has 2 N–H and O–H groups in total. The molecule has 104 valence electrons. The first-order valence-electron chi connectivity index (χ1n) is 6.75. The highest BCUT2D eigenvalue weighted by Crippen LogP contribution is 2.22. The van der Waals surface area contributed by atoms with Crippen LogP contribution in [0.1, 0.15) is 18.1 Å². The Labute approximate surface area is 121 Å². The number of hydrogen-bond acceptors (Lipinski definition) is 3. The lowest BCUT2D eigenvalue weighted by Gasteiger charge is -2.23. The van der Waals surface area contributed by atoms with Crippen LogP contribution in [0.4, 0.5) is 0 Å². The van der Waals surface area contributed by atoms with Crippen molar-refractivity contribution >= 4 is 17.2 Å². The van der Waals surface area contributed by atoms with Gasteiger partial charge in [0.2, 0.25) is 0 Å². The molecule has 1 aromatic rings. The average molecular weight is 277 g/mol. The van der Waals surface area contributed by atoms with E-state index in [1.807, 2.05) is 12.1 Å². The minimum Gasteiger partial charge on any atom is -0.389 e. The summed E-state index contributed by atoms with van der Waals surface area (Å²) in [7, 11) is 4.32. The van der Waals surface area contributed by atoms with Crippen LogP contribution in [-0.2, 0) is 6.54 Å². The zero-order valence-electron chi connectivity index (χ0n) is 12.0. The fourth-order valence-electron chi connectivity index (χ4n) is 2.99. The number of nitrogens with zero attached hydrogens (tertiary/aromatic N) is 2. The van der Waals surface area contributed by atoms with E-state index in [4.69, 9.17) is 18.0 Å². The number of rotatable bonds is 4. The summed E-state index contributed by atoms with van der Waals surface area (Å²) >= 11 is 5.13. The smallest absolute Gasteiger partial charge is 0.104 e. The van der Waals surface area contributed by atoms with Gasteiger partial charge in [0, 0.05) is 31.2 Å². The molecule has 1 fully saturated rings. The largest absolute Gasteiger partial charge is 0.389 e. The zero-order valence-corrected chi connectivity index (χ0v) is 12.8. The third-order valence-electron chi connectivity index (χ3n) is 3.99. The van der Waals surface area contributed by atoms with E-state index in [0.717, 1.165) is 25.2 Å². The van der Waals surface area contributed by atoms with Gasteiger partial charge in [-0.3, -0.25) is 4.90 Å². The van der Waals surface area contributed by atoms with Gasteiger partial charge in [0.25, 0.3) is 0 Å². The van der Waals surface area contributed by atoms with E-state index in [1.54, 1.807) is 0 Å². The predicted octanol–water partition coefficient (Wildman–Crippen LogP) is 1.70. The van der Waals surface area contributed by atoms with Crippen molar-refractivity contribution in [1.82, 2.24) is 9.80 Å². The number of thiocarbonyl (C=S) groups is 1. The summed E-state index contributed by atoms with van der Waals surface area (Å²) in [4.78, 5) is 5.31. The minimum atomic E-state index is 0.493. The van der Waals surface area contributed by atoms with Crippen LogP contribution >= 0.6 is 12.2 Å². The average Bonchev–Trinajstić information content (AvgIpc) is 2.71. The van der Waals surface area contributed by atoms with Crippen molar-refractivity contribution in [2.24, 2.45) is 11.7 Å². The van der Waals surface area contributed by atoms with E-state index in [-0.39, 0.29) is 0 Å². The Morgan fingerprint density at radius 1 is 1.37 bits per heavy atom. The van der Waals surface area contributed by atoms with E-state index < -0.39 is 0 Å². The standard InChI is InChI=1S/C15H23N3S/c1-11-8-18(10-14(11)17(2)3)9-12-6-4-5-7-13(12)15(16)19/h4-7,11,14H,8-10H2,1-3H3,(H2,16,19). The molecule has 1 saturated heterocycles. The van der Waals surface area contributed by atoms with E-state index in [2.05, 4.69) is 43.0 Å². The lowest BCUT2D eigenvalue weighted by molar-refractivity contribution is 0.250. The van der Waals surface area contributed by atoms with E-state index in [0.29, 0.717) is 16.9 Å². The van der Waals surface area contributed by atoms with Gasteiger partial charge in [-0.15, -0.1) is 0 Å². The molecule has 0 saturated carbocycles. The molecule has 2 atom stereocenters. The summed E-state index contributed by atoms with van der Waals surface area (Å²) in [6, 6.07) is 8.83. The van der Waals surface area contributed by atoms with Gasteiger partial charge in [-0.05, 0) is 25.6 Å². The second-order valence-electron chi connectivity index (χ2n) is 5.72. The van der Waals surface area contributed by atoms with Gasteiger partial charge in [-0.25, -0.2) is 0 Å². The van der Waals surface area contributed by atoms with Crippen molar-refractivity contribution in [3.05, 3.63) is 35.4 Å². The topological polar surface area (TPSA) is 32.5 Å². The molecule has 2 rings (SSSR count). The molecule has 1 heterocycles. The summed E-state index contributed by atoms with van der Waals surface area (Å²) < 4.78 is 0. The highest BCUT2D eigenvalue weighted by Gasteiger charge is 2.30. The van der Waals surface area contributed by atoms with Crippen molar-refractivity contribution in [1.29, 1.82) is 0 Å². The first kappa shape index (κ1) is 14.4. The highest BCUT2D eigenvalue weighted by atomic mass is 32.1. The van der Waals surface area contributed by atoms with Gasteiger partial charge in [-0.2, -0.15) is 0 Å². The lowest BCUT2D eigenvalue weighted by atomic mass is 10.1. The third kappa shape index (κ3) is 3.32. The second-order valence-corrected chi connectivity index (χ2v) is 6.16. The maximum Gasteiger partial charge on any atom is 0.104 e. The Morgan fingerprint density at radius 2 is 2.05 bits per heavy atom. The Bertz CT molecular complexity index is 458. The summed E-state index contributed by atoms with van der Waals surface area (Å²) in [5, 5.41) is 0. The second kappa shape index (κ2) is 5.99. The summed E-state index contributed by atoms with van der Waals surface area (Å²) in [5.74, 6) is 0.701. The molecule has 0 spiro atoms. The normalized spacial score (nSPS) is 24.0. The van der Waals surface area contributed by atoms with Crippen LogP contribution in [0.25, 0.3) is 0 Å². The minimum absolute atomic E-state index is 0.493. The van der Waals surface area contributed by atoms with E-state index >= 15 is 0 Å². The molecule has 0 amide bonds. The van der Waals surface area contributed by atoms with Crippen molar-refractivity contribution < 1.29 is 0 Å². The lowest BCUT2D eigenvalue weighted by Crippen LogP contribution is -2.34. The molecular weight excluding hydrogens is 254 g/mol. The predicted molar refractivity (Wildman–Crippen MR) is 84.2 cm³/mol. The quantitative estimate of drug-likeness (QED) is 0.849. The molecule has 2 unspecified atom stereocenters. The summed E-state index contributed by atoms with van der Waals surface area (Å²) in [6.45, 7) is 5.50.